The first kappa shape index (κ1) is 27.1. The Hall–Kier alpha value is -3.18. The number of likely N-dealkylation sites (N-methyl/N-ethyl adjacent to an activating group) is 1. The van der Waals surface area contributed by atoms with Gasteiger partial charge in [0, 0.05) is 27.2 Å². The lowest BCUT2D eigenvalue weighted by Crippen LogP contribution is -2.52. The maximum atomic E-state index is 14.6. The van der Waals surface area contributed by atoms with E-state index in [1.54, 1.807) is 38.1 Å². The van der Waals surface area contributed by atoms with E-state index in [4.69, 9.17) is 4.74 Å². The zero-order valence-electron chi connectivity index (χ0n) is 20.0. The first-order chi connectivity index (χ1) is 16.0. The van der Waals surface area contributed by atoms with Crippen molar-refractivity contribution in [3.8, 4) is 5.75 Å². The quantitative estimate of drug-likeness (QED) is 0.515. The molecule has 11 heteroatoms. The van der Waals surface area contributed by atoms with Crippen molar-refractivity contribution in [3.63, 3.8) is 0 Å². The predicted molar refractivity (Wildman–Crippen MR) is 128 cm³/mol. The van der Waals surface area contributed by atoms with E-state index < -0.39 is 40.4 Å². The lowest BCUT2D eigenvalue weighted by atomic mass is 10.1. The summed E-state index contributed by atoms with van der Waals surface area (Å²) < 4.78 is 47.4. The number of hydrogen-bond acceptors (Lipinski definition) is 5. The van der Waals surface area contributed by atoms with Gasteiger partial charge in [-0.2, -0.15) is 12.7 Å². The van der Waals surface area contributed by atoms with Crippen LogP contribution < -0.4 is 14.4 Å². The van der Waals surface area contributed by atoms with Crippen LogP contribution in [0, 0.1) is 5.82 Å². The van der Waals surface area contributed by atoms with Crippen molar-refractivity contribution >= 4 is 27.7 Å². The largest absolute Gasteiger partial charge is 0.497 e. The van der Waals surface area contributed by atoms with Gasteiger partial charge in [0.2, 0.25) is 11.8 Å². The number of rotatable bonds is 11. The van der Waals surface area contributed by atoms with Gasteiger partial charge in [0.15, 0.2) is 0 Å². The number of nitrogens with zero attached hydrogens (tertiary/aromatic N) is 3. The van der Waals surface area contributed by atoms with Gasteiger partial charge in [0.1, 0.15) is 24.2 Å². The molecule has 0 aromatic heterocycles. The molecule has 2 amide bonds. The number of amides is 2. The summed E-state index contributed by atoms with van der Waals surface area (Å²) in [5.74, 6) is -1.29. The maximum Gasteiger partial charge on any atom is 0.304 e. The fourth-order valence-corrected chi connectivity index (χ4v) is 4.29. The maximum absolute atomic E-state index is 14.6. The molecule has 2 aromatic carbocycles. The lowest BCUT2D eigenvalue weighted by molar-refractivity contribution is -0.139. The molecule has 1 N–H and O–H groups in total. The molecule has 0 fully saturated rings. The molecule has 0 heterocycles. The summed E-state index contributed by atoms with van der Waals surface area (Å²) in [7, 11) is -0.131. The monoisotopic (exact) mass is 494 g/mol. The van der Waals surface area contributed by atoms with Crippen LogP contribution >= 0.6 is 0 Å². The van der Waals surface area contributed by atoms with Crippen molar-refractivity contribution in [2.24, 2.45) is 0 Å². The van der Waals surface area contributed by atoms with Crippen molar-refractivity contribution in [1.29, 1.82) is 0 Å². The molecule has 2 rings (SSSR count). The number of methoxy groups -OCH3 is 1. The first-order valence-corrected chi connectivity index (χ1v) is 12.1. The molecule has 0 spiro atoms. The van der Waals surface area contributed by atoms with E-state index in [2.05, 4.69) is 5.32 Å². The Bertz CT molecular complexity index is 1110. The summed E-state index contributed by atoms with van der Waals surface area (Å²) in [6, 6.07) is 11.4. The van der Waals surface area contributed by atoms with E-state index in [9.17, 15) is 22.4 Å². The SMILES string of the molecule is CCNC(=O)[C@H](C)N(Cc1cccc(OC)c1)C(=O)CN(c1ccccc1F)S(=O)(=O)N(C)C. The summed E-state index contributed by atoms with van der Waals surface area (Å²) in [5, 5.41) is 2.67. The number of para-hydroxylation sites is 1. The Morgan fingerprint density at radius 1 is 1.12 bits per heavy atom. The second-order valence-corrected chi connectivity index (χ2v) is 9.76. The summed E-state index contributed by atoms with van der Waals surface area (Å²) in [6.07, 6.45) is 0. The van der Waals surface area contributed by atoms with Crippen LogP contribution in [-0.2, 0) is 26.3 Å². The number of benzene rings is 2. The summed E-state index contributed by atoms with van der Waals surface area (Å²) in [4.78, 5) is 27.3. The second kappa shape index (κ2) is 11.8. The Morgan fingerprint density at radius 2 is 1.79 bits per heavy atom. The van der Waals surface area contributed by atoms with Crippen LogP contribution in [0.3, 0.4) is 0 Å². The normalized spacial score (nSPS) is 12.2. The van der Waals surface area contributed by atoms with Gasteiger partial charge in [-0.05, 0) is 43.7 Å². The molecule has 0 aliphatic carbocycles. The van der Waals surface area contributed by atoms with E-state index in [1.807, 2.05) is 0 Å². The average molecular weight is 495 g/mol. The van der Waals surface area contributed by atoms with Crippen molar-refractivity contribution in [2.45, 2.75) is 26.4 Å². The van der Waals surface area contributed by atoms with Crippen molar-refractivity contribution in [2.75, 3.05) is 38.6 Å². The van der Waals surface area contributed by atoms with Crippen molar-refractivity contribution < 1.29 is 27.1 Å². The molecule has 9 nitrogen and oxygen atoms in total. The third kappa shape index (κ3) is 6.45. The lowest BCUT2D eigenvalue weighted by Gasteiger charge is -2.32. The van der Waals surface area contributed by atoms with Gasteiger partial charge < -0.3 is 15.0 Å². The van der Waals surface area contributed by atoms with E-state index in [0.29, 0.717) is 22.2 Å². The molecule has 34 heavy (non-hydrogen) atoms. The van der Waals surface area contributed by atoms with Gasteiger partial charge in [-0.3, -0.25) is 9.59 Å². The predicted octanol–water partition coefficient (Wildman–Crippen LogP) is 2.00. The van der Waals surface area contributed by atoms with E-state index in [1.165, 1.54) is 44.3 Å². The van der Waals surface area contributed by atoms with E-state index >= 15 is 0 Å². The Morgan fingerprint density at radius 3 is 2.38 bits per heavy atom. The van der Waals surface area contributed by atoms with Crippen LogP contribution in [0.5, 0.6) is 5.75 Å². The number of hydrogen-bond donors (Lipinski definition) is 1. The summed E-state index contributed by atoms with van der Waals surface area (Å²) in [5.41, 5.74) is 0.410. The topological polar surface area (TPSA) is 99.3 Å². The van der Waals surface area contributed by atoms with Crippen molar-refractivity contribution in [3.05, 3.63) is 59.9 Å². The van der Waals surface area contributed by atoms with Gasteiger partial charge >= 0.3 is 10.2 Å². The summed E-state index contributed by atoms with van der Waals surface area (Å²) in [6.45, 7) is 2.98. The van der Waals surface area contributed by atoms with E-state index in [-0.39, 0.29) is 12.2 Å². The van der Waals surface area contributed by atoms with Gasteiger partial charge in [-0.25, -0.2) is 8.70 Å². The Kier molecular flexibility index (Phi) is 9.39. The highest BCUT2D eigenvalue weighted by molar-refractivity contribution is 7.90. The average Bonchev–Trinajstić information content (AvgIpc) is 2.81. The molecule has 186 valence electrons. The number of carbonyl (C=O) groups excluding carboxylic acids is 2. The molecule has 0 aliphatic heterocycles. The highest BCUT2D eigenvalue weighted by Crippen LogP contribution is 2.24. The first-order valence-electron chi connectivity index (χ1n) is 10.7. The summed E-state index contributed by atoms with van der Waals surface area (Å²) >= 11 is 0. The smallest absolute Gasteiger partial charge is 0.304 e. The number of anilines is 1. The molecule has 0 radical (unpaired) electrons. The number of ether oxygens (including phenoxy) is 1. The Balaban J connectivity index is 2.47. The second-order valence-electron chi connectivity index (χ2n) is 7.69. The zero-order chi connectivity index (χ0) is 25.5. The fraction of sp³-hybridized carbons (Fsp3) is 0.391. The molecule has 2 aromatic rings. The van der Waals surface area contributed by atoms with Crippen molar-refractivity contribution in [1.82, 2.24) is 14.5 Å². The molecule has 0 saturated carbocycles. The van der Waals surface area contributed by atoms with Gasteiger partial charge in [-0.1, -0.05) is 24.3 Å². The standard InChI is InChI=1S/C23H31FN4O5S/c1-6-25-23(30)17(2)27(15-18-10-9-11-19(14-18)33-5)22(29)16-28(34(31,32)26(3)4)21-13-8-7-12-20(21)24/h7-14,17H,6,15-16H2,1-5H3,(H,25,30)/t17-/m0/s1. The molecular weight excluding hydrogens is 463 g/mol. The third-order valence-corrected chi connectivity index (χ3v) is 6.95. The highest BCUT2D eigenvalue weighted by atomic mass is 32.2. The molecule has 0 aliphatic rings. The molecular formula is C23H31FN4O5S. The van der Waals surface area contributed by atoms with Crippen LogP contribution in [0.1, 0.15) is 19.4 Å². The van der Waals surface area contributed by atoms with Crippen LogP contribution in [0.15, 0.2) is 48.5 Å². The molecule has 0 saturated heterocycles. The van der Waals surface area contributed by atoms with Crippen LogP contribution in [0.2, 0.25) is 0 Å². The van der Waals surface area contributed by atoms with Crippen LogP contribution in [-0.4, -0.2) is 69.8 Å². The number of nitrogens with one attached hydrogen (secondary N) is 1. The van der Waals surface area contributed by atoms with Gasteiger partial charge in [0.25, 0.3) is 0 Å². The molecule has 0 unspecified atom stereocenters. The van der Waals surface area contributed by atoms with Crippen LogP contribution in [0.4, 0.5) is 10.1 Å². The minimum Gasteiger partial charge on any atom is -0.497 e. The molecule has 0 bridgehead atoms. The highest BCUT2D eigenvalue weighted by Gasteiger charge is 2.33. The van der Waals surface area contributed by atoms with Crippen LogP contribution in [0.25, 0.3) is 0 Å². The minimum absolute atomic E-state index is 0.0153. The minimum atomic E-state index is -4.22. The van der Waals surface area contributed by atoms with Gasteiger partial charge in [-0.15, -0.1) is 0 Å². The van der Waals surface area contributed by atoms with Gasteiger partial charge in [0.05, 0.1) is 12.8 Å². The zero-order valence-corrected chi connectivity index (χ0v) is 20.8. The number of halogens is 1. The fourth-order valence-electron chi connectivity index (χ4n) is 3.23. The Labute approximate surface area is 200 Å². The van der Waals surface area contributed by atoms with E-state index in [0.717, 1.165) is 10.4 Å². The third-order valence-electron chi connectivity index (χ3n) is 5.15. The number of carbonyl (C=O) groups is 2. The molecule has 1 atom stereocenters.